The molecule has 0 fully saturated rings. The van der Waals surface area contributed by atoms with Crippen molar-refractivity contribution in [1.29, 1.82) is 0 Å². The zero-order valence-corrected chi connectivity index (χ0v) is 10.4. The van der Waals surface area contributed by atoms with Crippen LogP contribution in [0.4, 0.5) is 10.5 Å². The normalized spacial score (nSPS) is 13.7. The molecule has 0 atom stereocenters. The number of nitrogens with zero attached hydrogens (tertiary/aromatic N) is 2. The van der Waals surface area contributed by atoms with Gasteiger partial charge in [-0.25, -0.2) is 9.78 Å². The summed E-state index contributed by atoms with van der Waals surface area (Å²) in [7, 11) is 0. The van der Waals surface area contributed by atoms with E-state index in [1.807, 2.05) is 30.3 Å². The Morgan fingerprint density at radius 2 is 2.20 bits per heavy atom. The average molecular weight is 266 g/mol. The molecule has 0 unspecified atom stereocenters. The summed E-state index contributed by atoms with van der Waals surface area (Å²) in [6.07, 6.45) is 1.29. The molecule has 2 aromatic heterocycles. The van der Waals surface area contributed by atoms with Crippen LogP contribution in [0.2, 0.25) is 0 Å². The van der Waals surface area contributed by atoms with E-state index in [1.165, 1.54) is 0 Å². The molecule has 6 heteroatoms. The van der Waals surface area contributed by atoms with E-state index in [2.05, 4.69) is 20.3 Å². The number of H-pyrrole nitrogens is 1. The molecule has 98 valence electrons. The summed E-state index contributed by atoms with van der Waals surface area (Å²) in [4.78, 5) is 23.2. The Bertz CT molecular complexity index is 811. The molecule has 20 heavy (non-hydrogen) atoms. The van der Waals surface area contributed by atoms with Gasteiger partial charge in [-0.15, -0.1) is 0 Å². The van der Waals surface area contributed by atoms with Gasteiger partial charge in [0.25, 0.3) is 0 Å². The molecule has 6 nitrogen and oxygen atoms in total. The van der Waals surface area contributed by atoms with Crippen LogP contribution in [0.15, 0.2) is 36.5 Å². The van der Waals surface area contributed by atoms with E-state index < -0.39 is 6.09 Å². The van der Waals surface area contributed by atoms with E-state index in [0.717, 1.165) is 28.0 Å². The van der Waals surface area contributed by atoms with Crippen molar-refractivity contribution in [2.45, 2.75) is 6.61 Å². The standard InChI is InChI=1S/C14H10N4O2/c19-14-18-10-6-12-11(5-8(10)7-20-14)16-13(17-12)9-3-1-2-4-15-9/h1-6H,7H2,(H,16,17)(H,18,19). The molecule has 1 aliphatic heterocycles. The highest BCUT2D eigenvalue weighted by Crippen LogP contribution is 2.28. The highest BCUT2D eigenvalue weighted by Gasteiger charge is 2.17. The van der Waals surface area contributed by atoms with Gasteiger partial charge in [0.1, 0.15) is 12.3 Å². The Balaban J connectivity index is 1.86. The van der Waals surface area contributed by atoms with Gasteiger partial charge in [0, 0.05) is 11.8 Å². The van der Waals surface area contributed by atoms with Crippen molar-refractivity contribution in [2.24, 2.45) is 0 Å². The SMILES string of the molecule is O=C1Nc2cc3nc(-c4ccccn4)[nH]c3cc2CO1. The molecule has 0 bridgehead atoms. The van der Waals surface area contributed by atoms with Gasteiger partial charge in [0.15, 0.2) is 5.82 Å². The van der Waals surface area contributed by atoms with Crippen molar-refractivity contribution < 1.29 is 9.53 Å². The first-order valence-corrected chi connectivity index (χ1v) is 6.17. The fourth-order valence-electron chi connectivity index (χ4n) is 2.25. The lowest BCUT2D eigenvalue weighted by molar-refractivity contribution is 0.151. The quantitative estimate of drug-likeness (QED) is 0.709. The Labute approximate surface area is 113 Å². The number of amides is 1. The van der Waals surface area contributed by atoms with Gasteiger partial charge in [0.2, 0.25) is 0 Å². The predicted octanol–water partition coefficient (Wildman–Crippen LogP) is 2.69. The molecule has 1 aromatic carbocycles. The minimum absolute atomic E-state index is 0.273. The molecule has 0 saturated carbocycles. The second-order valence-electron chi connectivity index (χ2n) is 4.53. The zero-order chi connectivity index (χ0) is 13.5. The predicted molar refractivity (Wildman–Crippen MR) is 73.1 cm³/mol. The number of carbonyl (C=O) groups is 1. The van der Waals surface area contributed by atoms with Crippen LogP contribution in [-0.4, -0.2) is 21.0 Å². The number of hydrogen-bond donors (Lipinski definition) is 2. The maximum Gasteiger partial charge on any atom is 0.411 e. The van der Waals surface area contributed by atoms with Crippen LogP contribution in [0.1, 0.15) is 5.56 Å². The van der Waals surface area contributed by atoms with Crippen molar-refractivity contribution in [1.82, 2.24) is 15.0 Å². The number of rotatable bonds is 1. The minimum atomic E-state index is -0.433. The lowest BCUT2D eigenvalue weighted by atomic mass is 10.1. The van der Waals surface area contributed by atoms with Crippen LogP contribution in [0.5, 0.6) is 0 Å². The van der Waals surface area contributed by atoms with Gasteiger partial charge >= 0.3 is 6.09 Å². The first kappa shape index (κ1) is 11.0. The van der Waals surface area contributed by atoms with Crippen molar-refractivity contribution in [3.63, 3.8) is 0 Å². The number of nitrogens with one attached hydrogen (secondary N) is 2. The molecule has 2 N–H and O–H groups in total. The van der Waals surface area contributed by atoms with E-state index in [1.54, 1.807) is 6.20 Å². The molecule has 4 rings (SSSR count). The third-order valence-corrected chi connectivity index (χ3v) is 3.21. The van der Waals surface area contributed by atoms with Gasteiger partial charge in [-0.3, -0.25) is 10.3 Å². The van der Waals surface area contributed by atoms with Gasteiger partial charge in [-0.05, 0) is 24.3 Å². The third-order valence-electron chi connectivity index (χ3n) is 3.21. The van der Waals surface area contributed by atoms with Gasteiger partial charge in [-0.1, -0.05) is 6.07 Å². The number of aromatic nitrogens is 3. The summed E-state index contributed by atoms with van der Waals surface area (Å²) < 4.78 is 4.95. The number of pyridine rings is 1. The van der Waals surface area contributed by atoms with Crippen molar-refractivity contribution in [2.75, 3.05) is 5.32 Å². The smallest absolute Gasteiger partial charge is 0.411 e. The van der Waals surface area contributed by atoms with Crippen LogP contribution in [0.3, 0.4) is 0 Å². The zero-order valence-electron chi connectivity index (χ0n) is 10.4. The van der Waals surface area contributed by atoms with E-state index >= 15 is 0 Å². The van der Waals surface area contributed by atoms with Gasteiger partial charge < -0.3 is 9.72 Å². The lowest BCUT2D eigenvalue weighted by Crippen LogP contribution is -2.20. The first-order valence-electron chi connectivity index (χ1n) is 6.17. The van der Waals surface area contributed by atoms with Gasteiger partial charge in [-0.2, -0.15) is 0 Å². The number of hydrogen-bond acceptors (Lipinski definition) is 4. The first-order chi connectivity index (χ1) is 9.79. The summed E-state index contributed by atoms with van der Waals surface area (Å²) >= 11 is 0. The maximum atomic E-state index is 11.2. The number of aromatic amines is 1. The van der Waals surface area contributed by atoms with Crippen LogP contribution < -0.4 is 5.32 Å². The summed E-state index contributed by atoms with van der Waals surface area (Å²) in [5, 5.41) is 2.67. The lowest BCUT2D eigenvalue weighted by Gasteiger charge is -2.16. The number of imidazole rings is 1. The van der Waals surface area contributed by atoms with Crippen molar-refractivity contribution >= 4 is 22.8 Å². The number of anilines is 1. The molecule has 0 radical (unpaired) electrons. The highest BCUT2D eigenvalue weighted by molar-refractivity contribution is 5.92. The Kier molecular flexibility index (Phi) is 2.23. The van der Waals surface area contributed by atoms with Crippen molar-refractivity contribution in [3.8, 4) is 11.5 Å². The van der Waals surface area contributed by atoms with E-state index in [0.29, 0.717) is 5.82 Å². The topological polar surface area (TPSA) is 79.9 Å². The average Bonchev–Trinajstić information content (AvgIpc) is 2.88. The summed E-state index contributed by atoms with van der Waals surface area (Å²) in [6.45, 7) is 0.273. The molecule has 1 amide bonds. The molecule has 3 heterocycles. The molecule has 0 spiro atoms. The second kappa shape index (κ2) is 4.06. The third kappa shape index (κ3) is 1.70. The summed E-state index contributed by atoms with van der Waals surface area (Å²) in [5.74, 6) is 0.704. The number of cyclic esters (lactones) is 1. The molecule has 0 aliphatic carbocycles. The number of ether oxygens (including phenoxy) is 1. The summed E-state index contributed by atoms with van der Waals surface area (Å²) in [6, 6.07) is 9.44. The number of fused-ring (bicyclic) bond motifs is 2. The second-order valence-corrected chi connectivity index (χ2v) is 4.53. The molecule has 0 saturated heterocycles. The highest BCUT2D eigenvalue weighted by atomic mass is 16.5. The van der Waals surface area contributed by atoms with Crippen LogP contribution in [0.25, 0.3) is 22.6 Å². The van der Waals surface area contributed by atoms with Crippen LogP contribution >= 0.6 is 0 Å². The number of benzene rings is 1. The maximum absolute atomic E-state index is 11.2. The Morgan fingerprint density at radius 1 is 1.25 bits per heavy atom. The fourth-order valence-corrected chi connectivity index (χ4v) is 2.25. The number of carbonyl (C=O) groups excluding carboxylic acids is 1. The Hall–Kier alpha value is -2.89. The monoisotopic (exact) mass is 266 g/mol. The van der Waals surface area contributed by atoms with E-state index in [4.69, 9.17) is 4.74 Å². The van der Waals surface area contributed by atoms with E-state index in [9.17, 15) is 4.79 Å². The van der Waals surface area contributed by atoms with Crippen molar-refractivity contribution in [3.05, 3.63) is 42.1 Å². The Morgan fingerprint density at radius 3 is 3.05 bits per heavy atom. The summed E-state index contributed by atoms with van der Waals surface area (Å²) in [5.41, 5.74) is 4.12. The molecular weight excluding hydrogens is 256 g/mol. The minimum Gasteiger partial charge on any atom is -0.444 e. The van der Waals surface area contributed by atoms with E-state index in [-0.39, 0.29) is 6.61 Å². The van der Waals surface area contributed by atoms with Gasteiger partial charge in [0.05, 0.1) is 16.7 Å². The fraction of sp³-hybridized carbons (Fsp3) is 0.0714. The van der Waals surface area contributed by atoms with Crippen LogP contribution in [0, 0.1) is 0 Å². The van der Waals surface area contributed by atoms with Crippen LogP contribution in [-0.2, 0) is 11.3 Å². The largest absolute Gasteiger partial charge is 0.444 e. The molecule has 1 aliphatic rings. The molecular formula is C14H10N4O2. The molecule has 3 aromatic rings.